The topological polar surface area (TPSA) is 108 Å². The number of rotatable bonds is 4. The Hall–Kier alpha value is -3.88. The number of carbonyl (C=O) groups is 2. The third kappa shape index (κ3) is 4.13. The minimum atomic E-state index is -0.913. The molecule has 2 aromatic carbocycles. The van der Waals surface area contributed by atoms with Crippen molar-refractivity contribution in [2.45, 2.75) is 25.8 Å². The summed E-state index contributed by atoms with van der Waals surface area (Å²) in [5, 5.41) is 12.6. The van der Waals surface area contributed by atoms with Crippen LogP contribution in [0.1, 0.15) is 28.8 Å². The number of benzene rings is 2. The zero-order valence-electron chi connectivity index (χ0n) is 18.3. The van der Waals surface area contributed by atoms with Crippen LogP contribution in [0.2, 0.25) is 0 Å². The number of piperazine rings is 1. The molecule has 0 atom stereocenters. The van der Waals surface area contributed by atoms with E-state index in [-0.39, 0.29) is 17.5 Å². The summed E-state index contributed by atoms with van der Waals surface area (Å²) in [7, 11) is 0. The van der Waals surface area contributed by atoms with E-state index in [1.54, 1.807) is 12.1 Å². The van der Waals surface area contributed by atoms with E-state index in [1.165, 1.54) is 15.8 Å². The van der Waals surface area contributed by atoms with Crippen LogP contribution < -0.4 is 15.8 Å². The molecule has 2 fully saturated rings. The van der Waals surface area contributed by atoms with E-state index < -0.39 is 6.09 Å². The minimum absolute atomic E-state index is 0.136. The Morgan fingerprint density at radius 3 is 2.52 bits per heavy atom. The Kier molecular flexibility index (Phi) is 5.24. The van der Waals surface area contributed by atoms with E-state index in [0.29, 0.717) is 48.3 Å². The summed E-state index contributed by atoms with van der Waals surface area (Å²) >= 11 is 0. The van der Waals surface area contributed by atoms with Crippen LogP contribution in [-0.4, -0.2) is 63.8 Å². The largest absolute Gasteiger partial charge is 0.465 e. The van der Waals surface area contributed by atoms with Gasteiger partial charge in [-0.15, -0.1) is 0 Å². The molecular weight excluding hydrogens is 422 g/mol. The third-order valence-corrected chi connectivity index (χ3v) is 6.30. The molecule has 33 heavy (non-hydrogen) atoms. The molecule has 0 unspecified atom stereocenters. The van der Waals surface area contributed by atoms with Gasteiger partial charge in [0, 0.05) is 43.5 Å². The number of nitrogens with zero attached hydrogens (tertiary/aromatic N) is 4. The molecular formula is C24H25N5O4. The molecule has 1 saturated carbocycles. The molecule has 2 aliphatic rings. The van der Waals surface area contributed by atoms with Crippen molar-refractivity contribution in [2.75, 3.05) is 31.1 Å². The van der Waals surface area contributed by atoms with Crippen molar-refractivity contribution in [1.29, 1.82) is 0 Å². The van der Waals surface area contributed by atoms with Gasteiger partial charge in [0.1, 0.15) is 6.33 Å². The lowest BCUT2D eigenvalue weighted by molar-refractivity contribution is 0.0951. The maximum atomic E-state index is 13.4. The monoisotopic (exact) mass is 447 g/mol. The molecule has 1 aliphatic carbocycles. The van der Waals surface area contributed by atoms with Crippen molar-refractivity contribution >= 4 is 28.6 Å². The van der Waals surface area contributed by atoms with Gasteiger partial charge in [0.25, 0.3) is 11.5 Å². The zero-order valence-corrected chi connectivity index (χ0v) is 18.3. The summed E-state index contributed by atoms with van der Waals surface area (Å²) in [5.74, 6) is -0.136. The molecule has 9 nitrogen and oxygen atoms in total. The van der Waals surface area contributed by atoms with Crippen LogP contribution in [0.5, 0.6) is 0 Å². The van der Waals surface area contributed by atoms with Gasteiger partial charge in [-0.2, -0.15) is 0 Å². The van der Waals surface area contributed by atoms with Gasteiger partial charge in [0.05, 0.1) is 16.6 Å². The quantitative estimate of drug-likeness (QED) is 0.636. The van der Waals surface area contributed by atoms with Gasteiger partial charge in [-0.05, 0) is 55.7 Å². The summed E-state index contributed by atoms with van der Waals surface area (Å²) in [6, 6.07) is 11.1. The van der Waals surface area contributed by atoms with Crippen LogP contribution >= 0.6 is 0 Å². The highest BCUT2D eigenvalue weighted by Crippen LogP contribution is 2.23. The van der Waals surface area contributed by atoms with Gasteiger partial charge in [0.2, 0.25) is 0 Å². The highest BCUT2D eigenvalue weighted by atomic mass is 16.4. The first kappa shape index (κ1) is 21.0. The van der Waals surface area contributed by atoms with Gasteiger partial charge < -0.3 is 20.2 Å². The first-order valence-corrected chi connectivity index (χ1v) is 11.1. The molecule has 3 aromatic rings. The number of aryl methyl sites for hydroxylation is 1. The van der Waals surface area contributed by atoms with E-state index in [0.717, 1.165) is 24.1 Å². The second-order valence-electron chi connectivity index (χ2n) is 8.63. The smallest absolute Gasteiger partial charge is 0.407 e. The Morgan fingerprint density at radius 1 is 1.06 bits per heavy atom. The molecule has 0 spiro atoms. The second-order valence-corrected chi connectivity index (χ2v) is 8.63. The van der Waals surface area contributed by atoms with Crippen LogP contribution in [0.25, 0.3) is 16.6 Å². The van der Waals surface area contributed by atoms with Crippen LogP contribution in [0.3, 0.4) is 0 Å². The molecule has 1 aliphatic heterocycles. The number of hydrogen-bond donors (Lipinski definition) is 2. The number of anilines is 1. The lowest BCUT2D eigenvalue weighted by Gasteiger charge is -2.34. The van der Waals surface area contributed by atoms with Gasteiger partial charge in [-0.1, -0.05) is 6.07 Å². The molecule has 1 saturated heterocycles. The van der Waals surface area contributed by atoms with Gasteiger partial charge in [-0.25, -0.2) is 9.78 Å². The highest BCUT2D eigenvalue weighted by molar-refractivity contribution is 5.95. The molecule has 170 valence electrons. The lowest BCUT2D eigenvalue weighted by atomic mass is 10.1. The van der Waals surface area contributed by atoms with E-state index >= 15 is 0 Å². The number of hydrogen-bond acceptors (Lipinski definition) is 5. The molecule has 1 aromatic heterocycles. The molecule has 0 bridgehead atoms. The minimum Gasteiger partial charge on any atom is -0.465 e. The maximum absolute atomic E-state index is 13.4. The number of carbonyl (C=O) groups excluding carboxylic acids is 1. The van der Waals surface area contributed by atoms with Crippen LogP contribution in [0, 0.1) is 6.92 Å². The van der Waals surface area contributed by atoms with Crippen molar-refractivity contribution in [3.63, 3.8) is 0 Å². The number of nitrogens with one attached hydrogen (secondary N) is 1. The van der Waals surface area contributed by atoms with E-state index in [9.17, 15) is 14.4 Å². The molecule has 0 radical (unpaired) electrons. The fourth-order valence-electron chi connectivity index (χ4n) is 4.14. The summed E-state index contributed by atoms with van der Waals surface area (Å²) in [5.41, 5.74) is 3.23. The van der Waals surface area contributed by atoms with Gasteiger partial charge >= 0.3 is 6.09 Å². The van der Waals surface area contributed by atoms with Crippen molar-refractivity contribution in [2.24, 2.45) is 0 Å². The fraction of sp³-hybridized carbons (Fsp3) is 0.333. The molecule has 5 rings (SSSR count). The standard InChI is InChI=1S/C24H25N5O4/c1-15-2-3-16(22(30)26-17-4-5-17)12-21(15)29-14-25-20-7-6-18(13-19(20)23(29)31)27-8-10-28(11-9-27)24(32)33/h2-3,6-7,12-14,17H,4-5,8-11H2,1H3,(H,26,30)(H,32,33). The number of carboxylic acid groups (broad SMARTS) is 1. The average molecular weight is 447 g/mol. The highest BCUT2D eigenvalue weighted by Gasteiger charge is 2.24. The van der Waals surface area contributed by atoms with E-state index in [2.05, 4.69) is 15.2 Å². The first-order valence-electron chi connectivity index (χ1n) is 11.1. The predicted octanol–water partition coefficient (Wildman–Crippen LogP) is 2.39. The van der Waals surface area contributed by atoms with Crippen LogP contribution in [-0.2, 0) is 0 Å². The first-order chi connectivity index (χ1) is 15.9. The Morgan fingerprint density at radius 2 is 1.82 bits per heavy atom. The second kappa shape index (κ2) is 8.23. The normalized spacial score (nSPS) is 16.2. The third-order valence-electron chi connectivity index (χ3n) is 6.30. The SMILES string of the molecule is Cc1ccc(C(=O)NC2CC2)cc1-n1cnc2ccc(N3CCN(C(=O)O)CC3)cc2c1=O. The zero-order chi connectivity index (χ0) is 23.1. The van der Waals surface area contributed by atoms with E-state index in [4.69, 9.17) is 5.11 Å². The van der Waals surface area contributed by atoms with Crippen molar-refractivity contribution < 1.29 is 14.7 Å². The summed E-state index contributed by atoms with van der Waals surface area (Å²) in [6.07, 6.45) is 2.60. The average Bonchev–Trinajstić information content (AvgIpc) is 3.64. The Balaban J connectivity index is 1.49. The van der Waals surface area contributed by atoms with Crippen LogP contribution in [0.15, 0.2) is 47.5 Å². The summed E-state index contributed by atoms with van der Waals surface area (Å²) < 4.78 is 1.48. The molecule has 2 N–H and O–H groups in total. The maximum Gasteiger partial charge on any atom is 0.407 e. The molecule has 9 heteroatoms. The molecule has 2 amide bonds. The number of fused-ring (bicyclic) bond motifs is 1. The fourth-order valence-corrected chi connectivity index (χ4v) is 4.14. The van der Waals surface area contributed by atoms with Gasteiger partial charge in [0.15, 0.2) is 0 Å². The van der Waals surface area contributed by atoms with Crippen LogP contribution in [0.4, 0.5) is 10.5 Å². The van der Waals surface area contributed by atoms with Crippen molar-refractivity contribution in [3.05, 3.63) is 64.2 Å². The summed E-state index contributed by atoms with van der Waals surface area (Å²) in [6.45, 7) is 3.85. The Labute approximate surface area is 190 Å². The Bertz CT molecular complexity index is 1310. The van der Waals surface area contributed by atoms with E-state index in [1.807, 2.05) is 31.2 Å². The lowest BCUT2D eigenvalue weighted by Crippen LogP contribution is -2.48. The predicted molar refractivity (Wildman–Crippen MR) is 124 cm³/mol. The van der Waals surface area contributed by atoms with Gasteiger partial charge in [-0.3, -0.25) is 14.2 Å². The van der Waals surface area contributed by atoms with Crippen molar-refractivity contribution in [1.82, 2.24) is 19.8 Å². The summed E-state index contributed by atoms with van der Waals surface area (Å²) in [4.78, 5) is 45.1. The van der Waals surface area contributed by atoms with Crippen molar-refractivity contribution in [3.8, 4) is 5.69 Å². The number of amides is 2. The number of aromatic nitrogens is 2. The molecule has 2 heterocycles.